The summed E-state index contributed by atoms with van der Waals surface area (Å²) in [5.41, 5.74) is 27.5. The van der Waals surface area contributed by atoms with Crippen molar-refractivity contribution in [2.24, 2.45) is 0 Å². The second-order valence-corrected chi connectivity index (χ2v) is 24.8. The minimum Gasteiger partial charge on any atom is -0.456 e. The summed E-state index contributed by atoms with van der Waals surface area (Å²) >= 11 is 0. The van der Waals surface area contributed by atoms with Gasteiger partial charge in [-0.05, 0) is 185 Å². The molecule has 16 aromatic rings. The molecule has 0 N–H and O–H groups in total. The molecule has 89 heavy (non-hydrogen) atoms. The zero-order valence-corrected chi connectivity index (χ0v) is 49.3. The van der Waals surface area contributed by atoms with Crippen molar-refractivity contribution in [1.82, 2.24) is 4.57 Å². The van der Waals surface area contributed by atoms with Crippen LogP contribution in [0.4, 0.5) is 17.1 Å². The van der Waals surface area contributed by atoms with Crippen LogP contribution in [0.3, 0.4) is 0 Å². The third kappa shape index (κ3) is 7.78. The zero-order valence-electron chi connectivity index (χ0n) is 49.3. The van der Waals surface area contributed by atoms with Gasteiger partial charge in [0.05, 0.1) is 16.4 Å². The van der Waals surface area contributed by atoms with Crippen molar-refractivity contribution < 1.29 is 4.42 Å². The first-order chi connectivity index (χ1) is 43.8. The Balaban J connectivity index is 0.780. The van der Waals surface area contributed by atoms with E-state index in [1.165, 1.54) is 105 Å². The quantitative estimate of drug-likeness (QED) is 0.144. The Morgan fingerprint density at radius 3 is 1.63 bits per heavy atom. The van der Waals surface area contributed by atoms with Gasteiger partial charge in [-0.15, -0.1) is 0 Å². The summed E-state index contributed by atoms with van der Waals surface area (Å²) in [4.78, 5) is 2.42. The number of hydrogen-bond acceptors (Lipinski definition) is 2. The van der Waals surface area contributed by atoms with Crippen LogP contribution < -0.4 is 4.90 Å². The average Bonchev–Trinajstić information content (AvgIpc) is 1.57. The Kier molecular flexibility index (Phi) is 11.3. The lowest BCUT2D eigenvalue weighted by Crippen LogP contribution is -2.28. The van der Waals surface area contributed by atoms with E-state index in [1.807, 2.05) is 0 Å². The topological polar surface area (TPSA) is 21.3 Å². The van der Waals surface area contributed by atoms with E-state index in [-0.39, 0.29) is 5.41 Å². The lowest BCUT2D eigenvalue weighted by molar-refractivity contribution is 0.660. The summed E-state index contributed by atoms with van der Waals surface area (Å²) in [5.74, 6) is 0. The number of furan rings is 1. The molecule has 0 radical (unpaired) electrons. The molecule has 0 spiro atoms. The fraction of sp³-hybridized carbons (Fsp3) is 0.0465. The van der Waals surface area contributed by atoms with Gasteiger partial charge in [-0.1, -0.05) is 238 Å². The summed E-state index contributed by atoms with van der Waals surface area (Å²) in [6.45, 7) is 4.72. The zero-order chi connectivity index (χ0) is 59.0. The molecule has 18 rings (SSSR count). The molecule has 2 aliphatic rings. The third-order valence-electron chi connectivity index (χ3n) is 19.6. The maximum absolute atomic E-state index is 6.79. The largest absolute Gasteiger partial charge is 0.456 e. The van der Waals surface area contributed by atoms with Gasteiger partial charge < -0.3 is 13.9 Å². The number of para-hydroxylation sites is 1. The van der Waals surface area contributed by atoms with Crippen molar-refractivity contribution in [2.75, 3.05) is 4.90 Å². The standard InChI is InChI=1S/C86H58N2O/c1-85(2)77-31-16-14-29-69(77)70-43-39-66(52-79(70)85)87(68-41-45-74-76-49-59-23-12-13-24-60(59)51-83(76)89-84(74)54-68)67-40-44-73-72-30-15-17-32-81(72)88(82(73)53-67)65-37-33-57(34-38-65)61-36-46-78-75(48-61)71-42-35-62(56-21-8-4-9-22-56)50-80(71)86(78,63-26-10-5-11-27-63)64-28-18-25-58(47-64)55-19-6-3-7-20-55/h3-54H,1-2H3. The van der Waals surface area contributed by atoms with Crippen molar-refractivity contribution in [3.8, 4) is 61.3 Å². The maximum Gasteiger partial charge on any atom is 0.137 e. The molecule has 3 nitrogen and oxygen atoms in total. The SMILES string of the molecule is CC1(C)c2ccccc2-c2ccc(N(c3ccc4c(c3)oc3cc5ccccc5cc34)c3ccc4c5ccccc5n(-c5ccc(-c6ccc7c(c6)-c6ccc(-c8ccccc8)cc6C7(c6ccccc6)c6cccc(-c7ccccc7)c6)cc5)c4c3)cc21. The molecule has 14 aromatic carbocycles. The Morgan fingerprint density at radius 1 is 0.292 bits per heavy atom. The molecule has 1 unspecified atom stereocenters. The number of hydrogen-bond donors (Lipinski definition) is 0. The molecular weight excluding hydrogens is 1080 g/mol. The van der Waals surface area contributed by atoms with Gasteiger partial charge >= 0.3 is 0 Å². The van der Waals surface area contributed by atoms with Crippen LogP contribution in [0.1, 0.15) is 47.2 Å². The molecule has 0 amide bonds. The molecule has 0 saturated heterocycles. The van der Waals surface area contributed by atoms with Crippen molar-refractivity contribution in [2.45, 2.75) is 24.7 Å². The molecule has 2 aliphatic carbocycles. The Bertz CT molecular complexity index is 5520. The average molecular weight is 1140 g/mol. The van der Waals surface area contributed by atoms with Crippen LogP contribution in [0, 0.1) is 0 Å². The van der Waals surface area contributed by atoms with Gasteiger partial charge in [0.1, 0.15) is 11.2 Å². The van der Waals surface area contributed by atoms with Crippen LogP contribution in [-0.2, 0) is 10.8 Å². The fourth-order valence-corrected chi connectivity index (χ4v) is 15.4. The van der Waals surface area contributed by atoms with Gasteiger partial charge in [-0.2, -0.15) is 0 Å². The number of benzene rings is 14. The van der Waals surface area contributed by atoms with Crippen molar-refractivity contribution in [1.29, 1.82) is 0 Å². The monoisotopic (exact) mass is 1130 g/mol. The van der Waals surface area contributed by atoms with Crippen LogP contribution in [0.5, 0.6) is 0 Å². The van der Waals surface area contributed by atoms with Gasteiger partial charge in [0.15, 0.2) is 0 Å². The molecule has 2 heterocycles. The fourth-order valence-electron chi connectivity index (χ4n) is 15.4. The highest BCUT2D eigenvalue weighted by Gasteiger charge is 2.47. The number of fused-ring (bicyclic) bond motifs is 13. The normalized spacial score (nSPS) is 14.5. The molecule has 2 aromatic heterocycles. The number of anilines is 3. The summed E-state index contributed by atoms with van der Waals surface area (Å²) in [6, 6.07) is 117. The molecule has 418 valence electrons. The molecule has 0 saturated carbocycles. The van der Waals surface area contributed by atoms with Crippen LogP contribution in [-0.4, -0.2) is 4.57 Å². The minimum absolute atomic E-state index is 0.181. The van der Waals surface area contributed by atoms with Crippen LogP contribution in [0.15, 0.2) is 320 Å². The van der Waals surface area contributed by atoms with Gasteiger partial charge in [0.25, 0.3) is 0 Å². The Hall–Kier alpha value is -11.3. The van der Waals surface area contributed by atoms with E-state index in [4.69, 9.17) is 4.42 Å². The Morgan fingerprint density at radius 2 is 0.831 bits per heavy atom. The van der Waals surface area contributed by atoms with E-state index in [9.17, 15) is 0 Å². The second-order valence-electron chi connectivity index (χ2n) is 24.8. The van der Waals surface area contributed by atoms with Gasteiger partial charge in [-0.25, -0.2) is 0 Å². The molecular formula is C86H58N2O. The first-order valence-corrected chi connectivity index (χ1v) is 31.0. The molecule has 0 fully saturated rings. The summed E-state index contributed by atoms with van der Waals surface area (Å²) < 4.78 is 9.24. The van der Waals surface area contributed by atoms with Gasteiger partial charge in [0.2, 0.25) is 0 Å². The predicted molar refractivity (Wildman–Crippen MR) is 371 cm³/mol. The van der Waals surface area contributed by atoms with E-state index in [0.29, 0.717) is 0 Å². The highest BCUT2D eigenvalue weighted by atomic mass is 16.3. The number of nitrogens with zero attached hydrogens (tertiary/aromatic N) is 2. The number of rotatable bonds is 9. The van der Waals surface area contributed by atoms with E-state index < -0.39 is 5.41 Å². The first-order valence-electron chi connectivity index (χ1n) is 31.0. The molecule has 0 bridgehead atoms. The highest BCUT2D eigenvalue weighted by molar-refractivity contribution is 6.12. The highest BCUT2D eigenvalue weighted by Crippen LogP contribution is 2.58. The molecule has 1 atom stereocenters. The van der Waals surface area contributed by atoms with Crippen LogP contribution >= 0.6 is 0 Å². The van der Waals surface area contributed by atoms with Crippen LogP contribution in [0.25, 0.3) is 116 Å². The van der Waals surface area contributed by atoms with Crippen LogP contribution in [0.2, 0.25) is 0 Å². The summed E-state index contributed by atoms with van der Waals surface area (Å²) in [5, 5.41) is 7.00. The minimum atomic E-state index is -0.590. The second kappa shape index (κ2) is 19.6. The lowest BCUT2D eigenvalue weighted by atomic mass is 9.67. The first kappa shape index (κ1) is 51.0. The third-order valence-corrected chi connectivity index (χ3v) is 19.6. The van der Waals surface area contributed by atoms with Gasteiger partial charge in [0, 0.05) is 55.8 Å². The molecule has 0 aliphatic heterocycles. The van der Waals surface area contributed by atoms with Crippen molar-refractivity contribution in [3.63, 3.8) is 0 Å². The van der Waals surface area contributed by atoms with Gasteiger partial charge in [-0.3, -0.25) is 0 Å². The lowest BCUT2D eigenvalue weighted by Gasteiger charge is -2.34. The molecule has 3 heteroatoms. The van der Waals surface area contributed by atoms with E-state index in [1.54, 1.807) is 0 Å². The Labute approximate surface area is 517 Å². The van der Waals surface area contributed by atoms with E-state index in [0.717, 1.165) is 61.3 Å². The van der Waals surface area contributed by atoms with Crippen molar-refractivity contribution in [3.05, 3.63) is 349 Å². The van der Waals surface area contributed by atoms with E-state index >= 15 is 0 Å². The summed E-state index contributed by atoms with van der Waals surface area (Å²) in [6.07, 6.45) is 0. The predicted octanol–water partition coefficient (Wildman–Crippen LogP) is 23.0. The number of aromatic nitrogens is 1. The van der Waals surface area contributed by atoms with Crippen molar-refractivity contribution >= 4 is 71.6 Å². The maximum atomic E-state index is 6.79. The smallest absolute Gasteiger partial charge is 0.137 e. The summed E-state index contributed by atoms with van der Waals surface area (Å²) in [7, 11) is 0. The van der Waals surface area contributed by atoms with E-state index in [2.05, 4.69) is 339 Å².